The minimum absolute atomic E-state index is 0.210. The lowest BCUT2D eigenvalue weighted by Gasteiger charge is -2.05. The van der Waals surface area contributed by atoms with Crippen LogP contribution in [-0.2, 0) is 0 Å². The molecule has 15 heavy (non-hydrogen) atoms. The van der Waals surface area contributed by atoms with Crippen molar-refractivity contribution in [3.8, 4) is 0 Å². The second-order valence-corrected chi connectivity index (χ2v) is 3.08. The number of hydrogen-bond acceptors (Lipinski definition) is 3. The fraction of sp³-hybridized carbons (Fsp3) is 0. The van der Waals surface area contributed by atoms with Crippen LogP contribution in [-0.4, -0.2) is 4.98 Å². The van der Waals surface area contributed by atoms with Crippen molar-refractivity contribution in [1.29, 1.82) is 0 Å². The van der Waals surface area contributed by atoms with E-state index in [9.17, 15) is 4.39 Å². The number of benzene rings is 1. The van der Waals surface area contributed by atoms with Crippen LogP contribution < -0.4 is 11.1 Å². The first-order valence-corrected chi connectivity index (χ1v) is 4.49. The van der Waals surface area contributed by atoms with Gasteiger partial charge in [0.15, 0.2) is 11.6 Å². The first-order chi connectivity index (χ1) is 7.25. The average Bonchev–Trinajstić information content (AvgIpc) is 2.25. The Labute approximate surface area is 86.8 Å². The molecule has 3 nitrogen and oxygen atoms in total. The molecule has 0 amide bonds. The molecule has 0 bridgehead atoms. The Morgan fingerprint density at radius 3 is 2.53 bits per heavy atom. The van der Waals surface area contributed by atoms with E-state index in [1.807, 2.05) is 0 Å². The molecule has 0 unspecified atom stereocenters. The Balaban J connectivity index is 2.22. The molecule has 0 saturated carbocycles. The van der Waals surface area contributed by atoms with Gasteiger partial charge < -0.3 is 11.1 Å². The zero-order chi connectivity index (χ0) is 10.7. The van der Waals surface area contributed by atoms with Gasteiger partial charge in [-0.25, -0.2) is 9.37 Å². The van der Waals surface area contributed by atoms with Crippen LogP contribution in [0.5, 0.6) is 0 Å². The number of pyridine rings is 1. The summed E-state index contributed by atoms with van der Waals surface area (Å²) in [6, 6.07) is 9.91. The molecule has 0 aliphatic carbocycles. The molecule has 76 valence electrons. The van der Waals surface area contributed by atoms with Crippen molar-refractivity contribution in [3.05, 3.63) is 48.4 Å². The van der Waals surface area contributed by atoms with Crippen LogP contribution in [0.1, 0.15) is 0 Å². The van der Waals surface area contributed by atoms with Crippen LogP contribution in [0.15, 0.2) is 42.6 Å². The van der Waals surface area contributed by atoms with Gasteiger partial charge >= 0.3 is 0 Å². The molecule has 2 rings (SSSR count). The summed E-state index contributed by atoms with van der Waals surface area (Å²) in [5, 5.41) is 2.86. The van der Waals surface area contributed by atoms with Gasteiger partial charge in [-0.15, -0.1) is 0 Å². The van der Waals surface area contributed by atoms with Crippen LogP contribution in [0.25, 0.3) is 0 Å². The molecular weight excluding hydrogens is 193 g/mol. The molecule has 0 saturated heterocycles. The number of rotatable bonds is 2. The Morgan fingerprint density at radius 1 is 1.13 bits per heavy atom. The lowest BCUT2D eigenvalue weighted by atomic mass is 10.3. The van der Waals surface area contributed by atoms with E-state index in [1.165, 1.54) is 12.3 Å². The predicted octanol–water partition coefficient (Wildman–Crippen LogP) is 2.55. The highest BCUT2D eigenvalue weighted by molar-refractivity contribution is 5.59. The third-order valence-electron chi connectivity index (χ3n) is 1.93. The standard InChI is InChI=1S/C11H10FN3/c12-10-2-1-7-14-11(10)15-9-5-3-8(13)4-6-9/h1-7H,13H2,(H,14,15). The van der Waals surface area contributed by atoms with Gasteiger partial charge in [-0.05, 0) is 36.4 Å². The molecule has 1 aromatic heterocycles. The van der Waals surface area contributed by atoms with Gasteiger partial charge in [0.1, 0.15) is 0 Å². The van der Waals surface area contributed by atoms with E-state index >= 15 is 0 Å². The summed E-state index contributed by atoms with van der Waals surface area (Å²) >= 11 is 0. The van der Waals surface area contributed by atoms with Gasteiger partial charge in [0.25, 0.3) is 0 Å². The SMILES string of the molecule is Nc1ccc(Nc2ncccc2F)cc1. The zero-order valence-electron chi connectivity index (χ0n) is 7.94. The Hall–Kier alpha value is -2.10. The minimum Gasteiger partial charge on any atom is -0.399 e. The summed E-state index contributed by atoms with van der Waals surface area (Å²) in [5.74, 6) is -0.170. The summed E-state index contributed by atoms with van der Waals surface area (Å²) in [5.41, 5.74) is 6.95. The first-order valence-electron chi connectivity index (χ1n) is 4.49. The molecule has 4 heteroatoms. The van der Waals surface area contributed by atoms with Gasteiger partial charge in [-0.2, -0.15) is 0 Å². The zero-order valence-corrected chi connectivity index (χ0v) is 7.94. The number of nitrogens with one attached hydrogen (secondary N) is 1. The maximum absolute atomic E-state index is 13.2. The van der Waals surface area contributed by atoms with Crippen molar-refractivity contribution < 1.29 is 4.39 Å². The van der Waals surface area contributed by atoms with Crippen LogP contribution in [0.2, 0.25) is 0 Å². The number of halogens is 1. The van der Waals surface area contributed by atoms with E-state index in [0.29, 0.717) is 5.69 Å². The molecule has 2 aromatic rings. The van der Waals surface area contributed by atoms with Crippen molar-refractivity contribution in [3.63, 3.8) is 0 Å². The maximum atomic E-state index is 13.2. The fourth-order valence-electron chi connectivity index (χ4n) is 1.18. The maximum Gasteiger partial charge on any atom is 0.166 e. The number of nitrogens with zero attached hydrogens (tertiary/aromatic N) is 1. The highest BCUT2D eigenvalue weighted by Gasteiger charge is 2.01. The lowest BCUT2D eigenvalue weighted by molar-refractivity contribution is 0.626. The number of aromatic nitrogens is 1. The fourth-order valence-corrected chi connectivity index (χ4v) is 1.18. The van der Waals surface area contributed by atoms with Gasteiger partial charge in [-0.3, -0.25) is 0 Å². The third-order valence-corrected chi connectivity index (χ3v) is 1.93. The minimum atomic E-state index is -0.380. The summed E-state index contributed by atoms with van der Waals surface area (Å²) in [4.78, 5) is 3.88. The summed E-state index contributed by atoms with van der Waals surface area (Å²) in [6.07, 6.45) is 1.53. The van der Waals surface area contributed by atoms with Crippen molar-refractivity contribution in [2.75, 3.05) is 11.1 Å². The van der Waals surface area contributed by atoms with Crippen LogP contribution in [0.4, 0.5) is 21.6 Å². The summed E-state index contributed by atoms with van der Waals surface area (Å²) in [6.45, 7) is 0. The summed E-state index contributed by atoms with van der Waals surface area (Å²) < 4.78 is 13.2. The Kier molecular flexibility index (Phi) is 2.49. The van der Waals surface area contributed by atoms with E-state index in [0.717, 1.165) is 5.69 Å². The highest BCUT2D eigenvalue weighted by atomic mass is 19.1. The number of anilines is 3. The molecular formula is C11H10FN3. The molecule has 0 aliphatic rings. The second kappa shape index (κ2) is 3.96. The summed E-state index contributed by atoms with van der Waals surface area (Å²) in [7, 11) is 0. The van der Waals surface area contributed by atoms with E-state index < -0.39 is 0 Å². The Bertz CT molecular complexity index is 454. The largest absolute Gasteiger partial charge is 0.399 e. The molecule has 0 aliphatic heterocycles. The molecule has 0 spiro atoms. The lowest BCUT2D eigenvalue weighted by Crippen LogP contribution is -1.96. The van der Waals surface area contributed by atoms with Crippen LogP contribution >= 0.6 is 0 Å². The van der Waals surface area contributed by atoms with Crippen LogP contribution in [0, 0.1) is 5.82 Å². The molecule has 3 N–H and O–H groups in total. The topological polar surface area (TPSA) is 50.9 Å². The number of nitrogen functional groups attached to an aromatic ring is 1. The van der Waals surface area contributed by atoms with Gasteiger partial charge in [0.2, 0.25) is 0 Å². The average molecular weight is 203 g/mol. The normalized spacial score (nSPS) is 9.93. The van der Waals surface area contributed by atoms with Crippen LogP contribution in [0.3, 0.4) is 0 Å². The first kappa shape index (κ1) is 9.45. The van der Waals surface area contributed by atoms with Crippen molar-refractivity contribution in [2.24, 2.45) is 0 Å². The second-order valence-electron chi connectivity index (χ2n) is 3.08. The molecule has 0 fully saturated rings. The monoisotopic (exact) mass is 203 g/mol. The third kappa shape index (κ3) is 2.22. The van der Waals surface area contributed by atoms with Crippen molar-refractivity contribution in [2.45, 2.75) is 0 Å². The van der Waals surface area contributed by atoms with Gasteiger partial charge in [0.05, 0.1) is 0 Å². The molecule has 1 aromatic carbocycles. The molecule has 1 heterocycles. The Morgan fingerprint density at radius 2 is 1.87 bits per heavy atom. The van der Waals surface area contributed by atoms with E-state index in [-0.39, 0.29) is 11.6 Å². The van der Waals surface area contributed by atoms with Gasteiger partial charge in [0, 0.05) is 17.6 Å². The van der Waals surface area contributed by atoms with Crippen molar-refractivity contribution >= 4 is 17.2 Å². The van der Waals surface area contributed by atoms with E-state index in [4.69, 9.17) is 5.73 Å². The predicted molar refractivity (Wildman–Crippen MR) is 58.3 cm³/mol. The van der Waals surface area contributed by atoms with E-state index in [2.05, 4.69) is 10.3 Å². The number of nitrogens with two attached hydrogens (primary N) is 1. The quantitative estimate of drug-likeness (QED) is 0.737. The number of hydrogen-bond donors (Lipinski definition) is 2. The van der Waals surface area contributed by atoms with Crippen molar-refractivity contribution in [1.82, 2.24) is 4.98 Å². The molecule has 0 atom stereocenters. The van der Waals surface area contributed by atoms with Gasteiger partial charge in [-0.1, -0.05) is 0 Å². The smallest absolute Gasteiger partial charge is 0.166 e. The van der Waals surface area contributed by atoms with E-state index in [1.54, 1.807) is 30.3 Å². The molecule has 0 radical (unpaired) electrons. The highest BCUT2D eigenvalue weighted by Crippen LogP contribution is 2.17.